The fraction of sp³-hybridized carbons (Fsp3) is 0.778. The van der Waals surface area contributed by atoms with Gasteiger partial charge in [-0.15, -0.1) is 0 Å². The molecule has 0 radical (unpaired) electrons. The molecule has 0 bridgehead atoms. The molecule has 6 heteroatoms. The van der Waals surface area contributed by atoms with Crippen molar-refractivity contribution >= 4 is 0 Å². The van der Waals surface area contributed by atoms with Gasteiger partial charge in [-0.2, -0.15) is 4.98 Å². The van der Waals surface area contributed by atoms with E-state index in [1.54, 1.807) is 0 Å². The van der Waals surface area contributed by atoms with Crippen LogP contribution in [-0.4, -0.2) is 34.6 Å². The molecule has 2 atom stereocenters. The second-order valence-corrected chi connectivity index (χ2v) is 3.68. The average Bonchev–Trinajstić information content (AvgIpc) is 2.88. The molecule has 1 aromatic heterocycles. The number of aliphatic hydroxyl groups is 1. The van der Waals surface area contributed by atoms with Gasteiger partial charge in [0.25, 0.3) is 0 Å². The highest BCUT2D eigenvalue weighted by Gasteiger charge is 2.20. The van der Waals surface area contributed by atoms with Crippen molar-refractivity contribution in [1.29, 1.82) is 0 Å². The Labute approximate surface area is 87.4 Å². The standard InChI is InChI=1S/C9H15N3O3/c10-7(5-13)9-11-8(12-15-9)4-6-2-1-3-14-6/h6-7,13H,1-5,10H2/t6?,7-/m1/s1. The van der Waals surface area contributed by atoms with Crippen LogP contribution < -0.4 is 5.73 Å². The fourth-order valence-electron chi connectivity index (χ4n) is 1.59. The second-order valence-electron chi connectivity index (χ2n) is 3.68. The van der Waals surface area contributed by atoms with Crippen molar-refractivity contribution in [3.63, 3.8) is 0 Å². The summed E-state index contributed by atoms with van der Waals surface area (Å²) < 4.78 is 10.4. The number of aliphatic hydroxyl groups excluding tert-OH is 1. The molecule has 1 saturated heterocycles. The lowest BCUT2D eigenvalue weighted by molar-refractivity contribution is 0.109. The van der Waals surface area contributed by atoms with Gasteiger partial charge in [0.15, 0.2) is 5.82 Å². The van der Waals surface area contributed by atoms with Crippen LogP contribution in [-0.2, 0) is 11.2 Å². The highest BCUT2D eigenvalue weighted by atomic mass is 16.5. The molecule has 0 amide bonds. The van der Waals surface area contributed by atoms with E-state index in [0.29, 0.717) is 12.2 Å². The number of nitrogens with two attached hydrogens (primary N) is 1. The molecule has 6 nitrogen and oxygen atoms in total. The second kappa shape index (κ2) is 4.69. The molecule has 0 spiro atoms. The van der Waals surface area contributed by atoms with Crippen LogP contribution in [0.3, 0.4) is 0 Å². The molecule has 1 aliphatic heterocycles. The summed E-state index contributed by atoms with van der Waals surface area (Å²) in [6.45, 7) is 0.618. The summed E-state index contributed by atoms with van der Waals surface area (Å²) in [6.07, 6.45) is 2.98. The van der Waals surface area contributed by atoms with Gasteiger partial charge in [0, 0.05) is 13.0 Å². The molecule has 0 aromatic carbocycles. The van der Waals surface area contributed by atoms with Gasteiger partial charge >= 0.3 is 0 Å². The van der Waals surface area contributed by atoms with Crippen LogP contribution in [0.25, 0.3) is 0 Å². The Bertz CT molecular complexity index is 309. The van der Waals surface area contributed by atoms with Crippen molar-refractivity contribution in [2.75, 3.05) is 13.2 Å². The normalized spacial score (nSPS) is 23.2. The van der Waals surface area contributed by atoms with Gasteiger partial charge in [-0.25, -0.2) is 0 Å². The number of hydrogen-bond donors (Lipinski definition) is 2. The Morgan fingerprint density at radius 2 is 2.47 bits per heavy atom. The first-order chi connectivity index (χ1) is 7.29. The SMILES string of the molecule is N[C@H](CO)c1nc(CC2CCCO2)no1. The number of rotatable bonds is 4. The molecular formula is C9H15N3O3. The van der Waals surface area contributed by atoms with Gasteiger partial charge in [-0.3, -0.25) is 0 Å². The van der Waals surface area contributed by atoms with Gasteiger partial charge in [-0.05, 0) is 12.8 Å². The van der Waals surface area contributed by atoms with Crippen molar-refractivity contribution in [3.05, 3.63) is 11.7 Å². The van der Waals surface area contributed by atoms with Crippen LogP contribution >= 0.6 is 0 Å². The lowest BCUT2D eigenvalue weighted by atomic mass is 10.2. The van der Waals surface area contributed by atoms with Crippen LogP contribution in [0.2, 0.25) is 0 Å². The summed E-state index contributed by atoms with van der Waals surface area (Å²) in [5.74, 6) is 0.881. The first-order valence-corrected chi connectivity index (χ1v) is 5.10. The van der Waals surface area contributed by atoms with Crippen LogP contribution in [0.5, 0.6) is 0 Å². The summed E-state index contributed by atoms with van der Waals surface area (Å²) in [4.78, 5) is 4.10. The maximum absolute atomic E-state index is 8.80. The van der Waals surface area contributed by atoms with Crippen LogP contribution in [0.15, 0.2) is 4.52 Å². The Hall–Kier alpha value is -0.980. The highest BCUT2D eigenvalue weighted by molar-refractivity contribution is 4.93. The highest BCUT2D eigenvalue weighted by Crippen LogP contribution is 2.16. The van der Waals surface area contributed by atoms with E-state index >= 15 is 0 Å². The third-order valence-corrected chi connectivity index (χ3v) is 2.43. The Morgan fingerprint density at radius 1 is 1.60 bits per heavy atom. The lowest BCUT2D eigenvalue weighted by Gasteiger charge is -2.04. The van der Waals surface area contributed by atoms with E-state index in [-0.39, 0.29) is 18.6 Å². The molecule has 0 aliphatic carbocycles. The summed E-state index contributed by atoms with van der Waals surface area (Å²) in [6, 6.07) is -0.587. The topological polar surface area (TPSA) is 94.4 Å². The Kier molecular flexibility index (Phi) is 3.30. The van der Waals surface area contributed by atoms with Crippen molar-refractivity contribution in [1.82, 2.24) is 10.1 Å². The van der Waals surface area contributed by atoms with E-state index in [1.807, 2.05) is 0 Å². The predicted octanol–water partition coefficient (Wildman–Crippen LogP) is -0.217. The number of nitrogens with zero attached hydrogens (tertiary/aromatic N) is 2. The minimum atomic E-state index is -0.587. The summed E-state index contributed by atoms with van der Waals surface area (Å²) >= 11 is 0. The molecule has 2 rings (SSSR count). The molecule has 1 aliphatic rings. The van der Waals surface area contributed by atoms with E-state index in [9.17, 15) is 0 Å². The van der Waals surface area contributed by atoms with Crippen LogP contribution in [0, 0.1) is 0 Å². The zero-order chi connectivity index (χ0) is 10.7. The number of aromatic nitrogens is 2. The zero-order valence-electron chi connectivity index (χ0n) is 8.43. The number of ether oxygens (including phenoxy) is 1. The smallest absolute Gasteiger partial charge is 0.245 e. The van der Waals surface area contributed by atoms with Gasteiger partial charge in [-0.1, -0.05) is 5.16 Å². The minimum absolute atomic E-state index is 0.193. The monoisotopic (exact) mass is 213 g/mol. The summed E-state index contributed by atoms with van der Waals surface area (Å²) in [5.41, 5.74) is 5.54. The Balaban J connectivity index is 1.94. The third kappa shape index (κ3) is 2.53. The van der Waals surface area contributed by atoms with Gasteiger partial charge in [0.05, 0.1) is 12.7 Å². The van der Waals surface area contributed by atoms with Crippen molar-refractivity contribution in [2.24, 2.45) is 5.73 Å². The molecule has 0 saturated carbocycles. The van der Waals surface area contributed by atoms with E-state index in [4.69, 9.17) is 20.1 Å². The van der Waals surface area contributed by atoms with E-state index in [2.05, 4.69) is 10.1 Å². The summed E-state index contributed by atoms with van der Waals surface area (Å²) in [5, 5.41) is 12.6. The molecule has 84 valence electrons. The molecule has 2 heterocycles. The lowest BCUT2D eigenvalue weighted by Crippen LogP contribution is -2.15. The maximum atomic E-state index is 8.80. The van der Waals surface area contributed by atoms with E-state index in [1.165, 1.54) is 0 Å². The van der Waals surface area contributed by atoms with Crippen LogP contribution in [0.1, 0.15) is 30.6 Å². The average molecular weight is 213 g/mol. The molecule has 15 heavy (non-hydrogen) atoms. The number of hydrogen-bond acceptors (Lipinski definition) is 6. The maximum Gasteiger partial charge on any atom is 0.245 e. The van der Waals surface area contributed by atoms with Gasteiger partial charge < -0.3 is 20.1 Å². The largest absolute Gasteiger partial charge is 0.394 e. The Morgan fingerprint density at radius 3 is 3.13 bits per heavy atom. The zero-order valence-corrected chi connectivity index (χ0v) is 8.43. The molecule has 3 N–H and O–H groups in total. The van der Waals surface area contributed by atoms with Crippen molar-refractivity contribution in [3.8, 4) is 0 Å². The third-order valence-electron chi connectivity index (χ3n) is 2.43. The quantitative estimate of drug-likeness (QED) is 0.718. The molecule has 1 fully saturated rings. The molecular weight excluding hydrogens is 198 g/mol. The first kappa shape index (κ1) is 10.5. The molecule has 1 unspecified atom stereocenters. The molecule has 1 aromatic rings. The predicted molar refractivity (Wildman–Crippen MR) is 51.0 cm³/mol. The van der Waals surface area contributed by atoms with E-state index < -0.39 is 6.04 Å². The summed E-state index contributed by atoms with van der Waals surface area (Å²) in [7, 11) is 0. The van der Waals surface area contributed by atoms with E-state index in [0.717, 1.165) is 19.4 Å². The van der Waals surface area contributed by atoms with Crippen molar-refractivity contribution in [2.45, 2.75) is 31.4 Å². The fourth-order valence-corrected chi connectivity index (χ4v) is 1.59. The minimum Gasteiger partial charge on any atom is -0.394 e. The van der Waals surface area contributed by atoms with Crippen LogP contribution in [0.4, 0.5) is 0 Å². The van der Waals surface area contributed by atoms with Gasteiger partial charge in [0.1, 0.15) is 6.04 Å². The first-order valence-electron chi connectivity index (χ1n) is 5.10. The van der Waals surface area contributed by atoms with Crippen molar-refractivity contribution < 1.29 is 14.4 Å². The van der Waals surface area contributed by atoms with Gasteiger partial charge in [0.2, 0.25) is 5.89 Å².